The lowest BCUT2D eigenvalue weighted by atomic mass is 10.1. The predicted octanol–water partition coefficient (Wildman–Crippen LogP) is 3.52. The van der Waals surface area contributed by atoms with E-state index in [1.807, 2.05) is 30.3 Å². The van der Waals surface area contributed by atoms with Gasteiger partial charge in [-0.15, -0.1) is 0 Å². The molecule has 164 valence electrons. The number of carbonyl (C=O) groups is 3. The Hall–Kier alpha value is -3.72. The average molecular weight is 451 g/mol. The molecule has 8 nitrogen and oxygen atoms in total. The van der Waals surface area contributed by atoms with Crippen LogP contribution in [0.15, 0.2) is 54.6 Å². The number of carbonyl (C=O) groups excluding carboxylic acids is 2. The molecular formula is C23H22N4O4S. The molecule has 9 heteroatoms. The maximum atomic E-state index is 13.0. The summed E-state index contributed by atoms with van der Waals surface area (Å²) in [6.45, 7) is 3.23. The van der Waals surface area contributed by atoms with Crippen LogP contribution in [0.5, 0.6) is 0 Å². The van der Waals surface area contributed by atoms with Gasteiger partial charge in [0.2, 0.25) is 0 Å². The Labute approximate surface area is 189 Å². The van der Waals surface area contributed by atoms with E-state index in [1.165, 1.54) is 22.3 Å². The Morgan fingerprint density at radius 3 is 2.56 bits per heavy atom. The number of urea groups is 1. The van der Waals surface area contributed by atoms with Gasteiger partial charge in [-0.3, -0.25) is 9.69 Å². The Bertz CT molecular complexity index is 1160. The van der Waals surface area contributed by atoms with Crippen molar-refractivity contribution in [3.63, 3.8) is 0 Å². The number of amides is 3. The van der Waals surface area contributed by atoms with Gasteiger partial charge in [-0.05, 0) is 24.1 Å². The number of aryl methyl sites for hydroxylation is 1. The second kappa shape index (κ2) is 9.19. The van der Waals surface area contributed by atoms with Crippen LogP contribution in [0.2, 0.25) is 0 Å². The number of benzene rings is 2. The summed E-state index contributed by atoms with van der Waals surface area (Å²) in [5.41, 5.74) is 2.32. The summed E-state index contributed by atoms with van der Waals surface area (Å²) >= 11 is 1.18. The molecule has 2 aromatic carbocycles. The molecule has 1 fully saturated rings. The van der Waals surface area contributed by atoms with Gasteiger partial charge in [0.15, 0.2) is 5.13 Å². The molecule has 2 heterocycles. The van der Waals surface area contributed by atoms with Crippen LogP contribution in [0, 0.1) is 6.92 Å². The molecule has 2 N–H and O–H groups in total. The van der Waals surface area contributed by atoms with Gasteiger partial charge in [0, 0.05) is 26.2 Å². The molecule has 0 atom stereocenters. The number of nitrogens with zero attached hydrogens (tertiary/aromatic N) is 3. The third-order valence-corrected chi connectivity index (χ3v) is 6.40. The van der Waals surface area contributed by atoms with E-state index in [0.717, 1.165) is 5.56 Å². The van der Waals surface area contributed by atoms with Crippen LogP contribution < -0.4 is 10.2 Å². The summed E-state index contributed by atoms with van der Waals surface area (Å²) in [6.07, 6.45) is 0. The first kappa shape index (κ1) is 21.5. The summed E-state index contributed by atoms with van der Waals surface area (Å²) in [5.74, 6) is -1.25. The van der Waals surface area contributed by atoms with Crippen LogP contribution in [0.25, 0.3) is 0 Å². The number of rotatable bonds is 7. The monoisotopic (exact) mass is 450 g/mol. The van der Waals surface area contributed by atoms with Crippen LogP contribution >= 0.6 is 11.3 Å². The Balaban J connectivity index is 1.44. The fraction of sp³-hybridized carbons (Fsp3) is 0.217. The van der Waals surface area contributed by atoms with Gasteiger partial charge < -0.3 is 15.3 Å². The molecule has 0 radical (unpaired) electrons. The number of hydrogen-bond donors (Lipinski definition) is 2. The first-order valence-electron chi connectivity index (χ1n) is 10.1. The van der Waals surface area contributed by atoms with Crippen molar-refractivity contribution in [3.8, 4) is 0 Å². The largest absolute Gasteiger partial charge is 0.478 e. The third-order valence-electron chi connectivity index (χ3n) is 5.22. The van der Waals surface area contributed by atoms with Gasteiger partial charge in [-0.1, -0.05) is 59.9 Å². The Morgan fingerprint density at radius 2 is 1.81 bits per heavy atom. The van der Waals surface area contributed by atoms with Crippen molar-refractivity contribution in [1.82, 2.24) is 15.2 Å². The highest BCUT2D eigenvalue weighted by molar-refractivity contribution is 7.17. The third kappa shape index (κ3) is 4.47. The Morgan fingerprint density at radius 1 is 1.09 bits per heavy atom. The smallest absolute Gasteiger partial charge is 0.336 e. The van der Waals surface area contributed by atoms with Crippen molar-refractivity contribution in [3.05, 3.63) is 81.9 Å². The second-order valence-corrected chi connectivity index (χ2v) is 8.37. The molecule has 1 saturated heterocycles. The maximum Gasteiger partial charge on any atom is 0.336 e. The van der Waals surface area contributed by atoms with Crippen LogP contribution in [0.4, 0.5) is 9.93 Å². The number of nitrogens with one attached hydrogen (secondary N) is 1. The SMILES string of the molecule is Cc1nc(N2CCN(Cc3ccccc3C(=O)O)C2=O)sc1C(=O)NCc1ccccc1. The summed E-state index contributed by atoms with van der Waals surface area (Å²) in [5, 5.41) is 12.7. The lowest BCUT2D eigenvalue weighted by Gasteiger charge is -2.18. The fourth-order valence-corrected chi connectivity index (χ4v) is 4.55. The van der Waals surface area contributed by atoms with E-state index < -0.39 is 5.97 Å². The number of thiazole rings is 1. The standard InChI is InChI=1S/C23H22N4O4S/c1-15-19(20(28)24-13-16-7-3-2-4-8-16)32-22(25-15)27-12-11-26(23(27)31)14-17-9-5-6-10-18(17)21(29)30/h2-10H,11-14H2,1H3,(H,24,28)(H,29,30). The lowest BCUT2D eigenvalue weighted by molar-refractivity contribution is 0.0694. The zero-order chi connectivity index (χ0) is 22.7. The molecule has 3 aromatic rings. The molecule has 1 aromatic heterocycles. The van der Waals surface area contributed by atoms with E-state index in [0.29, 0.717) is 40.9 Å². The normalized spacial score (nSPS) is 13.5. The summed E-state index contributed by atoms with van der Waals surface area (Å²) in [4.78, 5) is 45.1. The van der Waals surface area contributed by atoms with Crippen molar-refractivity contribution >= 4 is 34.4 Å². The minimum atomic E-state index is -1.02. The highest BCUT2D eigenvalue weighted by Crippen LogP contribution is 2.29. The summed E-state index contributed by atoms with van der Waals surface area (Å²) < 4.78 is 0. The first-order valence-corrected chi connectivity index (χ1v) is 10.9. The van der Waals surface area contributed by atoms with Gasteiger partial charge in [-0.2, -0.15) is 0 Å². The molecule has 1 aliphatic heterocycles. The van der Waals surface area contributed by atoms with Crippen LogP contribution in [0.1, 0.15) is 36.9 Å². The van der Waals surface area contributed by atoms with E-state index in [-0.39, 0.29) is 24.0 Å². The highest BCUT2D eigenvalue weighted by Gasteiger charge is 2.33. The van der Waals surface area contributed by atoms with Gasteiger partial charge >= 0.3 is 12.0 Å². The number of anilines is 1. The van der Waals surface area contributed by atoms with E-state index in [9.17, 15) is 19.5 Å². The molecule has 0 saturated carbocycles. The second-order valence-electron chi connectivity index (χ2n) is 7.40. The molecule has 4 rings (SSSR count). The molecule has 3 amide bonds. The van der Waals surface area contributed by atoms with E-state index in [2.05, 4.69) is 10.3 Å². The lowest BCUT2D eigenvalue weighted by Crippen LogP contribution is -2.31. The Kier molecular flexibility index (Phi) is 6.18. The van der Waals surface area contributed by atoms with Crippen LogP contribution in [-0.2, 0) is 13.1 Å². The molecule has 0 aliphatic carbocycles. The minimum Gasteiger partial charge on any atom is -0.478 e. The predicted molar refractivity (Wildman–Crippen MR) is 121 cm³/mol. The van der Waals surface area contributed by atoms with E-state index >= 15 is 0 Å². The number of carboxylic acid groups (broad SMARTS) is 1. The van der Waals surface area contributed by atoms with Gasteiger partial charge in [0.1, 0.15) is 4.88 Å². The molecule has 0 unspecified atom stereocenters. The molecule has 32 heavy (non-hydrogen) atoms. The van der Waals surface area contributed by atoms with Crippen LogP contribution in [-0.4, -0.2) is 46.0 Å². The summed E-state index contributed by atoms with van der Waals surface area (Å²) in [6, 6.07) is 16.0. The highest BCUT2D eigenvalue weighted by atomic mass is 32.1. The number of aromatic nitrogens is 1. The van der Waals surface area contributed by atoms with Crippen LogP contribution in [0.3, 0.4) is 0 Å². The first-order chi connectivity index (χ1) is 15.4. The number of carboxylic acids is 1. The zero-order valence-corrected chi connectivity index (χ0v) is 18.3. The van der Waals surface area contributed by atoms with Gasteiger partial charge in [0.05, 0.1) is 11.3 Å². The van der Waals surface area contributed by atoms with Crippen molar-refractivity contribution in [2.24, 2.45) is 0 Å². The van der Waals surface area contributed by atoms with Gasteiger partial charge in [0.25, 0.3) is 5.91 Å². The van der Waals surface area contributed by atoms with Crippen molar-refractivity contribution in [2.75, 3.05) is 18.0 Å². The minimum absolute atomic E-state index is 0.182. The topological polar surface area (TPSA) is 103 Å². The zero-order valence-electron chi connectivity index (χ0n) is 17.4. The maximum absolute atomic E-state index is 13.0. The van der Waals surface area contributed by atoms with Crippen molar-refractivity contribution in [1.29, 1.82) is 0 Å². The molecule has 1 aliphatic rings. The van der Waals surface area contributed by atoms with Gasteiger partial charge in [-0.25, -0.2) is 14.6 Å². The summed E-state index contributed by atoms with van der Waals surface area (Å²) in [7, 11) is 0. The average Bonchev–Trinajstić information content (AvgIpc) is 3.35. The molecule has 0 spiro atoms. The quantitative estimate of drug-likeness (QED) is 0.573. The van der Waals surface area contributed by atoms with E-state index in [1.54, 1.807) is 30.0 Å². The number of hydrogen-bond acceptors (Lipinski definition) is 5. The molecule has 0 bridgehead atoms. The molecular weight excluding hydrogens is 428 g/mol. The fourth-order valence-electron chi connectivity index (χ4n) is 3.55. The van der Waals surface area contributed by atoms with E-state index in [4.69, 9.17) is 0 Å². The van der Waals surface area contributed by atoms with Crippen molar-refractivity contribution in [2.45, 2.75) is 20.0 Å². The number of aromatic carboxylic acids is 1. The van der Waals surface area contributed by atoms with Crippen molar-refractivity contribution < 1.29 is 19.5 Å².